The molecule has 1 unspecified atom stereocenters. The predicted molar refractivity (Wildman–Crippen MR) is 125 cm³/mol. The van der Waals surface area contributed by atoms with E-state index < -0.39 is 0 Å². The van der Waals surface area contributed by atoms with Gasteiger partial charge in [0.25, 0.3) is 0 Å². The van der Waals surface area contributed by atoms with Crippen LogP contribution >= 0.6 is 35.7 Å². The van der Waals surface area contributed by atoms with Gasteiger partial charge in [0.2, 0.25) is 0 Å². The molecule has 0 aromatic heterocycles. The molecule has 0 amide bonds. The molecule has 1 N–H and O–H groups in total. The number of rotatable bonds is 9. The zero-order valence-electron chi connectivity index (χ0n) is 16.2. The van der Waals surface area contributed by atoms with Crippen LogP contribution in [0.5, 0.6) is 0 Å². The SMILES string of the molecule is CCC1CN(C(=NC)NCCCCOCCc2ccccc2)CCS1.I. The Hall–Kier alpha value is -0.470. The summed E-state index contributed by atoms with van der Waals surface area (Å²) in [7, 11) is 1.89. The van der Waals surface area contributed by atoms with Gasteiger partial charge in [-0.2, -0.15) is 11.8 Å². The standard InChI is InChI=1S/C20H33N3OS.HI/c1-3-19-17-23(13-16-25-19)20(21-2)22-12-7-8-14-24-15-11-18-9-5-4-6-10-18;/h4-6,9-10,19H,3,7-8,11-17H2,1-2H3,(H,21,22);1H. The Labute approximate surface area is 180 Å². The van der Waals surface area contributed by atoms with Crippen LogP contribution in [0.15, 0.2) is 35.3 Å². The Morgan fingerprint density at radius 3 is 2.81 bits per heavy atom. The van der Waals surface area contributed by atoms with E-state index >= 15 is 0 Å². The van der Waals surface area contributed by atoms with Crippen LogP contribution in [0.25, 0.3) is 0 Å². The Bertz CT molecular complexity index is 501. The average Bonchev–Trinajstić information content (AvgIpc) is 2.67. The van der Waals surface area contributed by atoms with E-state index in [4.69, 9.17) is 4.74 Å². The minimum atomic E-state index is 0. The molecule has 1 fully saturated rings. The van der Waals surface area contributed by atoms with Gasteiger partial charge in [0.05, 0.1) is 6.61 Å². The van der Waals surface area contributed by atoms with Crippen molar-refractivity contribution in [3.05, 3.63) is 35.9 Å². The fourth-order valence-corrected chi connectivity index (χ4v) is 4.14. The molecular formula is C20H34IN3OS. The van der Waals surface area contributed by atoms with Crippen molar-refractivity contribution < 1.29 is 4.74 Å². The van der Waals surface area contributed by atoms with Gasteiger partial charge >= 0.3 is 0 Å². The third-order valence-corrected chi connectivity index (χ3v) is 5.85. The van der Waals surface area contributed by atoms with E-state index in [1.807, 2.05) is 7.05 Å². The number of nitrogens with zero attached hydrogens (tertiary/aromatic N) is 2. The van der Waals surface area contributed by atoms with Crippen molar-refractivity contribution in [3.8, 4) is 0 Å². The van der Waals surface area contributed by atoms with Crippen molar-refractivity contribution in [2.75, 3.05) is 45.6 Å². The van der Waals surface area contributed by atoms with Crippen LogP contribution < -0.4 is 5.32 Å². The Morgan fingerprint density at radius 1 is 1.27 bits per heavy atom. The quantitative estimate of drug-likeness (QED) is 0.245. The summed E-state index contributed by atoms with van der Waals surface area (Å²) >= 11 is 2.09. The first kappa shape index (κ1) is 23.6. The molecule has 26 heavy (non-hydrogen) atoms. The summed E-state index contributed by atoms with van der Waals surface area (Å²) in [4.78, 5) is 6.86. The largest absolute Gasteiger partial charge is 0.381 e. The smallest absolute Gasteiger partial charge is 0.193 e. The first-order valence-electron chi connectivity index (χ1n) is 9.52. The number of nitrogens with one attached hydrogen (secondary N) is 1. The van der Waals surface area contributed by atoms with Crippen LogP contribution in [-0.2, 0) is 11.2 Å². The lowest BCUT2D eigenvalue weighted by molar-refractivity contribution is 0.133. The molecule has 1 aliphatic heterocycles. The van der Waals surface area contributed by atoms with Gasteiger partial charge in [0.15, 0.2) is 5.96 Å². The Balaban J connectivity index is 0.00000338. The number of halogens is 1. The molecule has 1 heterocycles. The second kappa shape index (κ2) is 14.6. The summed E-state index contributed by atoms with van der Waals surface area (Å²) in [5.74, 6) is 2.26. The third kappa shape index (κ3) is 8.95. The fourth-order valence-electron chi connectivity index (χ4n) is 2.96. The first-order valence-corrected chi connectivity index (χ1v) is 10.6. The van der Waals surface area contributed by atoms with Gasteiger partial charge in [-0.1, -0.05) is 37.3 Å². The number of ether oxygens (including phenoxy) is 1. The van der Waals surface area contributed by atoms with Gasteiger partial charge in [-0.25, -0.2) is 0 Å². The summed E-state index contributed by atoms with van der Waals surface area (Å²) in [6, 6.07) is 10.5. The number of hydrogen-bond acceptors (Lipinski definition) is 3. The normalized spacial score (nSPS) is 17.7. The maximum atomic E-state index is 5.74. The summed E-state index contributed by atoms with van der Waals surface area (Å²) < 4.78 is 5.74. The molecule has 6 heteroatoms. The first-order chi connectivity index (χ1) is 12.3. The van der Waals surface area contributed by atoms with Gasteiger partial charge in [0, 0.05) is 44.3 Å². The van der Waals surface area contributed by atoms with Gasteiger partial charge in [0.1, 0.15) is 0 Å². The molecule has 1 aliphatic rings. The van der Waals surface area contributed by atoms with Crippen LogP contribution in [0.3, 0.4) is 0 Å². The monoisotopic (exact) mass is 491 g/mol. The number of aliphatic imine (C=N–C) groups is 1. The van der Waals surface area contributed by atoms with E-state index in [0.717, 1.165) is 63.3 Å². The highest BCUT2D eigenvalue weighted by atomic mass is 127. The minimum Gasteiger partial charge on any atom is -0.381 e. The van der Waals surface area contributed by atoms with Crippen LogP contribution in [-0.4, -0.2) is 61.8 Å². The van der Waals surface area contributed by atoms with Gasteiger partial charge < -0.3 is 15.0 Å². The summed E-state index contributed by atoms with van der Waals surface area (Å²) in [5, 5.41) is 4.25. The van der Waals surface area contributed by atoms with E-state index in [1.165, 1.54) is 17.7 Å². The number of hydrogen-bond donors (Lipinski definition) is 1. The number of benzene rings is 1. The topological polar surface area (TPSA) is 36.9 Å². The molecule has 1 aromatic carbocycles. The molecule has 0 radical (unpaired) electrons. The van der Waals surface area contributed by atoms with Crippen LogP contribution in [0.2, 0.25) is 0 Å². The fraction of sp³-hybridized carbons (Fsp3) is 0.650. The highest BCUT2D eigenvalue weighted by Gasteiger charge is 2.21. The van der Waals surface area contributed by atoms with Crippen molar-refractivity contribution in [1.29, 1.82) is 0 Å². The lowest BCUT2D eigenvalue weighted by Gasteiger charge is -2.34. The van der Waals surface area contributed by atoms with E-state index in [-0.39, 0.29) is 24.0 Å². The van der Waals surface area contributed by atoms with Gasteiger partial charge in [-0.15, -0.1) is 24.0 Å². The van der Waals surface area contributed by atoms with Crippen LogP contribution in [0.1, 0.15) is 31.7 Å². The molecule has 1 atom stereocenters. The minimum absolute atomic E-state index is 0. The molecule has 4 nitrogen and oxygen atoms in total. The summed E-state index contributed by atoms with van der Waals surface area (Å²) in [6.45, 7) is 7.10. The van der Waals surface area contributed by atoms with Crippen molar-refractivity contribution in [3.63, 3.8) is 0 Å². The third-order valence-electron chi connectivity index (χ3n) is 4.48. The highest BCUT2D eigenvalue weighted by molar-refractivity contribution is 14.0. The molecule has 2 rings (SSSR count). The second-order valence-corrected chi connectivity index (χ2v) is 7.78. The van der Waals surface area contributed by atoms with E-state index in [2.05, 4.69) is 64.2 Å². The summed E-state index contributed by atoms with van der Waals surface area (Å²) in [6.07, 6.45) is 4.44. The number of guanidine groups is 1. The maximum absolute atomic E-state index is 5.74. The predicted octanol–water partition coefficient (Wildman–Crippen LogP) is 4.05. The highest BCUT2D eigenvalue weighted by Crippen LogP contribution is 2.20. The van der Waals surface area contributed by atoms with Crippen molar-refractivity contribution >= 4 is 41.7 Å². The molecule has 0 bridgehead atoms. The Kier molecular flexibility index (Phi) is 13.2. The lowest BCUT2D eigenvalue weighted by Crippen LogP contribution is -2.48. The van der Waals surface area contributed by atoms with Crippen LogP contribution in [0.4, 0.5) is 0 Å². The van der Waals surface area contributed by atoms with Crippen molar-refractivity contribution in [1.82, 2.24) is 10.2 Å². The molecule has 0 aliphatic carbocycles. The molecular weight excluding hydrogens is 457 g/mol. The molecule has 148 valence electrons. The second-order valence-electron chi connectivity index (χ2n) is 6.38. The average molecular weight is 491 g/mol. The van der Waals surface area contributed by atoms with Gasteiger partial charge in [-0.3, -0.25) is 4.99 Å². The lowest BCUT2D eigenvalue weighted by atomic mass is 10.2. The van der Waals surface area contributed by atoms with Gasteiger partial charge in [-0.05, 0) is 31.2 Å². The van der Waals surface area contributed by atoms with E-state index in [9.17, 15) is 0 Å². The molecule has 1 saturated heterocycles. The molecule has 0 spiro atoms. The Morgan fingerprint density at radius 2 is 2.08 bits per heavy atom. The van der Waals surface area contributed by atoms with Crippen molar-refractivity contribution in [2.24, 2.45) is 4.99 Å². The molecule has 1 aromatic rings. The molecule has 0 saturated carbocycles. The number of unbranched alkanes of at least 4 members (excludes halogenated alkanes) is 1. The van der Waals surface area contributed by atoms with Crippen LogP contribution in [0, 0.1) is 0 Å². The summed E-state index contributed by atoms with van der Waals surface area (Å²) in [5.41, 5.74) is 1.35. The zero-order chi connectivity index (χ0) is 17.7. The zero-order valence-corrected chi connectivity index (χ0v) is 19.3. The van der Waals surface area contributed by atoms with E-state index in [0.29, 0.717) is 0 Å². The van der Waals surface area contributed by atoms with Crippen molar-refractivity contribution in [2.45, 2.75) is 37.9 Å². The maximum Gasteiger partial charge on any atom is 0.193 e. The van der Waals surface area contributed by atoms with E-state index in [1.54, 1.807) is 0 Å². The number of thioether (sulfide) groups is 1.